The monoisotopic (exact) mass is 319 g/mol. The van der Waals surface area contributed by atoms with Gasteiger partial charge in [0, 0.05) is 16.3 Å². The summed E-state index contributed by atoms with van der Waals surface area (Å²) >= 11 is 3.71. The molecule has 1 spiro atoms. The summed E-state index contributed by atoms with van der Waals surface area (Å²) in [6, 6.07) is 6.48. The van der Waals surface area contributed by atoms with Crippen LogP contribution in [0.1, 0.15) is 24.1 Å². The van der Waals surface area contributed by atoms with Gasteiger partial charge in [0.05, 0.1) is 24.4 Å². The zero-order chi connectivity index (χ0) is 12.6. The maximum Gasteiger partial charge on any atom is 0.211 e. The molecule has 4 heteroatoms. The lowest BCUT2D eigenvalue weighted by atomic mass is 9.90. The van der Waals surface area contributed by atoms with Crippen LogP contribution in [-0.4, -0.2) is 17.3 Å². The molecule has 19 heavy (non-hydrogen) atoms. The molecule has 1 aliphatic carbocycles. The zero-order valence-corrected chi connectivity index (χ0v) is 12.1. The Morgan fingerprint density at radius 2 is 2.32 bits per heavy atom. The summed E-state index contributed by atoms with van der Waals surface area (Å²) in [5.74, 6) is -0.449. The molecule has 0 N–H and O–H groups in total. The first-order valence-electron chi connectivity index (χ1n) is 6.90. The number of aromatic nitrogens is 1. The Kier molecular flexibility index (Phi) is 1.96. The number of rotatable bonds is 0. The lowest BCUT2D eigenvalue weighted by molar-refractivity contribution is -0.201. The van der Waals surface area contributed by atoms with Gasteiger partial charge in [-0.25, -0.2) is 0 Å². The van der Waals surface area contributed by atoms with Crippen LogP contribution in [0.5, 0.6) is 0 Å². The average molecular weight is 320 g/mol. The van der Waals surface area contributed by atoms with E-state index in [1.54, 1.807) is 0 Å². The van der Waals surface area contributed by atoms with E-state index in [1.165, 1.54) is 26.6 Å². The van der Waals surface area contributed by atoms with Crippen molar-refractivity contribution < 1.29 is 9.47 Å². The van der Waals surface area contributed by atoms with Crippen LogP contribution in [0.25, 0.3) is 10.9 Å². The van der Waals surface area contributed by atoms with Gasteiger partial charge in [0.15, 0.2) is 0 Å². The topological polar surface area (TPSA) is 23.4 Å². The number of hydrogen-bond acceptors (Lipinski definition) is 2. The first-order chi connectivity index (χ1) is 9.28. The Bertz CT molecular complexity index is 704. The molecule has 2 aromatic rings. The third kappa shape index (κ3) is 1.21. The van der Waals surface area contributed by atoms with Crippen molar-refractivity contribution in [1.82, 2.24) is 4.57 Å². The lowest BCUT2D eigenvalue weighted by Gasteiger charge is -2.37. The van der Waals surface area contributed by atoms with Crippen molar-refractivity contribution in [2.45, 2.75) is 37.7 Å². The van der Waals surface area contributed by atoms with Gasteiger partial charge in [-0.3, -0.25) is 0 Å². The van der Waals surface area contributed by atoms with E-state index >= 15 is 0 Å². The standard InChI is InChI=1S/C15H14BrNO2/c16-12-5-1-3-10-11-4-2-6-15-14(11)17(13(10)12)7-9(19-15)8-18-15/h1,3,5,9H,2,4,6-8H2/t9-,15-/m1/s1. The molecule has 3 nitrogen and oxygen atoms in total. The van der Waals surface area contributed by atoms with Crippen LogP contribution in [0.15, 0.2) is 22.7 Å². The molecule has 2 bridgehead atoms. The fraction of sp³-hybridized carbons (Fsp3) is 0.467. The summed E-state index contributed by atoms with van der Waals surface area (Å²) in [7, 11) is 0. The lowest BCUT2D eigenvalue weighted by Crippen LogP contribution is -2.39. The van der Waals surface area contributed by atoms with E-state index in [4.69, 9.17) is 9.47 Å². The maximum atomic E-state index is 6.20. The molecule has 0 radical (unpaired) electrons. The van der Waals surface area contributed by atoms with E-state index in [0.717, 1.165) is 32.4 Å². The summed E-state index contributed by atoms with van der Waals surface area (Å²) in [6.45, 7) is 1.64. The first-order valence-corrected chi connectivity index (χ1v) is 7.70. The number of aryl methyl sites for hydroxylation is 1. The summed E-state index contributed by atoms with van der Waals surface area (Å²) < 4.78 is 15.9. The number of fused-ring (bicyclic) bond motifs is 4. The van der Waals surface area contributed by atoms with Gasteiger partial charge in [0.2, 0.25) is 5.79 Å². The molecular formula is C15H14BrNO2. The highest BCUT2D eigenvalue weighted by Crippen LogP contribution is 2.51. The quantitative estimate of drug-likeness (QED) is 0.743. The molecule has 98 valence electrons. The number of para-hydroxylation sites is 1. The number of halogens is 1. The molecule has 2 atom stereocenters. The minimum absolute atomic E-state index is 0.209. The number of ether oxygens (including phenoxy) is 2. The Morgan fingerprint density at radius 3 is 3.26 bits per heavy atom. The Balaban J connectivity index is 1.96. The van der Waals surface area contributed by atoms with Crippen molar-refractivity contribution in [2.75, 3.05) is 6.61 Å². The molecule has 1 aromatic carbocycles. The van der Waals surface area contributed by atoms with Crippen molar-refractivity contribution >= 4 is 26.8 Å². The number of hydrogen-bond donors (Lipinski definition) is 0. The molecule has 2 aliphatic heterocycles. The highest BCUT2D eigenvalue weighted by atomic mass is 79.9. The SMILES string of the molecule is Brc1cccc2c3c4n(c12)C[C@@H]1CO[C@]4(CCC3)O1. The van der Waals surface area contributed by atoms with Gasteiger partial charge in [-0.2, -0.15) is 0 Å². The fourth-order valence-electron chi connectivity index (χ4n) is 4.04. The van der Waals surface area contributed by atoms with Crippen LogP contribution in [0, 0.1) is 0 Å². The predicted molar refractivity (Wildman–Crippen MR) is 75.1 cm³/mol. The second kappa shape index (κ2) is 3.43. The normalized spacial score (nSPS) is 31.7. The third-order valence-electron chi connectivity index (χ3n) is 4.68. The highest BCUT2D eigenvalue weighted by Gasteiger charge is 2.52. The molecule has 1 saturated heterocycles. The first kappa shape index (κ1) is 10.9. The van der Waals surface area contributed by atoms with Gasteiger partial charge in [0.25, 0.3) is 0 Å². The van der Waals surface area contributed by atoms with E-state index in [9.17, 15) is 0 Å². The molecule has 0 unspecified atom stereocenters. The van der Waals surface area contributed by atoms with Gasteiger partial charge in [-0.1, -0.05) is 12.1 Å². The third-order valence-corrected chi connectivity index (χ3v) is 5.32. The van der Waals surface area contributed by atoms with Gasteiger partial charge < -0.3 is 14.0 Å². The predicted octanol–water partition coefficient (Wildman–Crippen LogP) is 3.32. The van der Waals surface area contributed by atoms with E-state index in [-0.39, 0.29) is 6.10 Å². The Labute approximate surface area is 119 Å². The van der Waals surface area contributed by atoms with Crippen molar-refractivity contribution in [3.05, 3.63) is 33.9 Å². The van der Waals surface area contributed by atoms with E-state index in [0.29, 0.717) is 0 Å². The number of nitrogens with zero attached hydrogens (tertiary/aromatic N) is 1. The summed E-state index contributed by atoms with van der Waals surface area (Å²) in [6.07, 6.45) is 3.48. The van der Waals surface area contributed by atoms with Gasteiger partial charge in [-0.05, 0) is 40.4 Å². The largest absolute Gasteiger partial charge is 0.342 e. The van der Waals surface area contributed by atoms with Crippen LogP contribution < -0.4 is 0 Å². The molecular weight excluding hydrogens is 306 g/mol. The van der Waals surface area contributed by atoms with Crippen LogP contribution >= 0.6 is 15.9 Å². The summed E-state index contributed by atoms with van der Waals surface area (Å²) in [5, 5.41) is 1.36. The van der Waals surface area contributed by atoms with Gasteiger partial charge in [-0.15, -0.1) is 0 Å². The summed E-state index contributed by atoms with van der Waals surface area (Å²) in [4.78, 5) is 0. The number of benzene rings is 1. The highest BCUT2D eigenvalue weighted by molar-refractivity contribution is 9.10. The van der Waals surface area contributed by atoms with Crippen molar-refractivity contribution in [2.24, 2.45) is 0 Å². The van der Waals surface area contributed by atoms with E-state index in [1.807, 2.05) is 0 Å². The van der Waals surface area contributed by atoms with Gasteiger partial charge >= 0.3 is 0 Å². The van der Waals surface area contributed by atoms with E-state index in [2.05, 4.69) is 38.7 Å². The maximum absolute atomic E-state index is 6.20. The van der Waals surface area contributed by atoms with Crippen molar-refractivity contribution in [3.63, 3.8) is 0 Å². The molecule has 1 aromatic heterocycles. The molecule has 5 rings (SSSR count). The molecule has 0 amide bonds. The molecule has 3 heterocycles. The van der Waals surface area contributed by atoms with Crippen LogP contribution in [-0.2, 0) is 28.2 Å². The molecule has 3 aliphatic rings. The van der Waals surface area contributed by atoms with Crippen LogP contribution in [0.3, 0.4) is 0 Å². The minimum Gasteiger partial charge on any atom is -0.342 e. The Hall–Kier alpha value is -0.840. The van der Waals surface area contributed by atoms with Crippen molar-refractivity contribution in [3.8, 4) is 0 Å². The smallest absolute Gasteiger partial charge is 0.211 e. The van der Waals surface area contributed by atoms with Gasteiger partial charge in [0.1, 0.15) is 6.10 Å². The second-order valence-electron chi connectivity index (χ2n) is 5.73. The fourth-order valence-corrected chi connectivity index (χ4v) is 4.62. The Morgan fingerprint density at radius 1 is 1.37 bits per heavy atom. The zero-order valence-electron chi connectivity index (χ0n) is 10.5. The molecule has 1 fully saturated rings. The van der Waals surface area contributed by atoms with Crippen LogP contribution in [0.2, 0.25) is 0 Å². The molecule has 0 saturated carbocycles. The minimum atomic E-state index is -0.449. The van der Waals surface area contributed by atoms with Crippen molar-refractivity contribution in [1.29, 1.82) is 0 Å². The average Bonchev–Trinajstić information content (AvgIpc) is 2.90. The summed E-state index contributed by atoms with van der Waals surface area (Å²) in [5.41, 5.74) is 4.04. The second-order valence-corrected chi connectivity index (χ2v) is 6.59. The van der Waals surface area contributed by atoms with Crippen LogP contribution in [0.4, 0.5) is 0 Å². The van der Waals surface area contributed by atoms with E-state index < -0.39 is 5.79 Å².